The maximum absolute atomic E-state index is 14.0. The second-order valence-corrected chi connectivity index (χ2v) is 7.17. The Kier molecular flexibility index (Phi) is 7.72. The van der Waals surface area contributed by atoms with Crippen LogP contribution in [-0.2, 0) is 28.6 Å². The van der Waals surface area contributed by atoms with E-state index in [9.17, 15) is 27.6 Å². The van der Waals surface area contributed by atoms with Crippen molar-refractivity contribution in [3.63, 3.8) is 0 Å². The van der Waals surface area contributed by atoms with Crippen molar-refractivity contribution in [2.45, 2.75) is 31.9 Å². The number of rotatable bonds is 8. The number of benzene rings is 1. The summed E-state index contributed by atoms with van der Waals surface area (Å²) in [6.45, 7) is 2.97. The molecule has 0 aliphatic rings. The summed E-state index contributed by atoms with van der Waals surface area (Å²) in [5.41, 5.74) is -0.673. The van der Waals surface area contributed by atoms with E-state index in [4.69, 9.17) is 9.47 Å². The molecule has 0 saturated carbocycles. The van der Waals surface area contributed by atoms with Gasteiger partial charge >= 0.3 is 24.1 Å². The first kappa shape index (κ1) is 25.7. The molecule has 0 aliphatic carbocycles. The zero-order valence-electron chi connectivity index (χ0n) is 19.0. The molecule has 3 rings (SSSR count). The first-order chi connectivity index (χ1) is 16.6. The maximum atomic E-state index is 14.0. The zero-order chi connectivity index (χ0) is 25.8. The minimum atomic E-state index is -5.00. The second-order valence-electron chi connectivity index (χ2n) is 7.17. The molecule has 186 valence electrons. The summed E-state index contributed by atoms with van der Waals surface area (Å²) in [4.78, 5) is 46.1. The Bertz CT molecular complexity index is 1210. The monoisotopic (exact) mass is 493 g/mol. The number of halogens is 3. The summed E-state index contributed by atoms with van der Waals surface area (Å²) in [6.07, 6.45) is -2.33. The van der Waals surface area contributed by atoms with Gasteiger partial charge in [0.1, 0.15) is 0 Å². The number of aromatic nitrogens is 3. The molecule has 1 aromatic carbocycles. The van der Waals surface area contributed by atoms with Crippen molar-refractivity contribution in [3.05, 3.63) is 54.0 Å². The Hall–Kier alpha value is -3.96. The number of ether oxygens (including phenoxy) is 3. The number of alkyl halides is 3. The summed E-state index contributed by atoms with van der Waals surface area (Å²) >= 11 is 0. The van der Waals surface area contributed by atoms with Gasteiger partial charge in [0.15, 0.2) is 11.8 Å². The molecule has 3 aromatic rings. The van der Waals surface area contributed by atoms with Gasteiger partial charge < -0.3 is 14.2 Å². The van der Waals surface area contributed by atoms with Crippen molar-refractivity contribution < 1.29 is 41.8 Å². The second kappa shape index (κ2) is 10.5. The lowest BCUT2D eigenvalue weighted by molar-refractivity contribution is -0.179. The molecule has 2 heterocycles. The molecule has 0 aliphatic heterocycles. The van der Waals surface area contributed by atoms with Gasteiger partial charge in [0, 0.05) is 23.3 Å². The fraction of sp³-hybridized carbons (Fsp3) is 0.348. The quantitative estimate of drug-likeness (QED) is 0.267. The number of carbonyl (C=O) groups excluding carboxylic acids is 3. The number of hydrogen-bond acceptors (Lipinski definition) is 8. The number of nitrogens with zero attached hydrogens (tertiary/aromatic N) is 3. The molecule has 0 amide bonds. The third-order valence-corrected chi connectivity index (χ3v) is 5.05. The van der Waals surface area contributed by atoms with Crippen LogP contribution in [0.3, 0.4) is 0 Å². The van der Waals surface area contributed by atoms with E-state index in [1.165, 1.54) is 36.7 Å². The van der Waals surface area contributed by atoms with E-state index in [2.05, 4.69) is 14.7 Å². The molecule has 0 bridgehead atoms. The standard InChI is InChI=1S/C23H22F3N3O6/c1-4-34-19(30)16(20(31)35-5-2)15-12-13-8-6-9-14(17(21(32)33-3)23(24,25)26)18(13)29(15)22-27-10-7-11-28-22/h6-12,16-17H,4-5H2,1-3H3. The largest absolute Gasteiger partial charge is 0.468 e. The smallest absolute Gasteiger partial charge is 0.406 e. The Morgan fingerprint density at radius 1 is 0.971 bits per heavy atom. The lowest BCUT2D eigenvalue weighted by Gasteiger charge is -2.21. The highest BCUT2D eigenvalue weighted by Crippen LogP contribution is 2.41. The van der Waals surface area contributed by atoms with Crippen LogP contribution in [0.15, 0.2) is 42.7 Å². The average Bonchev–Trinajstić information content (AvgIpc) is 3.19. The third-order valence-electron chi connectivity index (χ3n) is 5.05. The SMILES string of the molecule is CCOC(=O)C(C(=O)OCC)c1cc2cccc(C(C(=O)OC)C(F)(F)F)c2n1-c1ncccn1. The van der Waals surface area contributed by atoms with Crippen LogP contribution in [0.4, 0.5) is 13.2 Å². The van der Waals surface area contributed by atoms with E-state index in [0.717, 1.165) is 17.7 Å². The molecular formula is C23H22F3N3O6. The Balaban J connectivity index is 2.44. The van der Waals surface area contributed by atoms with E-state index < -0.39 is 41.5 Å². The van der Waals surface area contributed by atoms with Gasteiger partial charge in [0.25, 0.3) is 0 Å². The van der Waals surface area contributed by atoms with Gasteiger partial charge in [-0.1, -0.05) is 18.2 Å². The molecule has 0 fully saturated rings. The minimum absolute atomic E-state index is 0.0550. The van der Waals surface area contributed by atoms with Crippen molar-refractivity contribution in [3.8, 4) is 5.95 Å². The van der Waals surface area contributed by atoms with Gasteiger partial charge in [0.2, 0.25) is 5.95 Å². The van der Waals surface area contributed by atoms with Crippen LogP contribution >= 0.6 is 0 Å². The van der Waals surface area contributed by atoms with Crippen molar-refractivity contribution in [1.29, 1.82) is 0 Å². The average molecular weight is 493 g/mol. The Morgan fingerprint density at radius 2 is 1.57 bits per heavy atom. The Labute approximate surface area is 197 Å². The lowest BCUT2D eigenvalue weighted by atomic mass is 9.96. The zero-order valence-corrected chi connectivity index (χ0v) is 19.0. The van der Waals surface area contributed by atoms with Crippen LogP contribution < -0.4 is 0 Å². The molecule has 35 heavy (non-hydrogen) atoms. The van der Waals surface area contributed by atoms with Crippen LogP contribution in [0, 0.1) is 0 Å². The molecule has 2 aromatic heterocycles. The molecule has 12 heteroatoms. The maximum Gasteiger partial charge on any atom is 0.406 e. The van der Waals surface area contributed by atoms with Gasteiger partial charge in [-0.2, -0.15) is 13.2 Å². The topological polar surface area (TPSA) is 110 Å². The number of methoxy groups -OCH3 is 1. The minimum Gasteiger partial charge on any atom is -0.468 e. The predicted octanol–water partition coefficient (Wildman–Crippen LogP) is 3.45. The molecule has 0 N–H and O–H groups in total. The van der Waals surface area contributed by atoms with Crippen LogP contribution in [0.2, 0.25) is 0 Å². The highest BCUT2D eigenvalue weighted by atomic mass is 19.4. The van der Waals surface area contributed by atoms with Gasteiger partial charge in [0.05, 0.1) is 31.5 Å². The van der Waals surface area contributed by atoms with E-state index in [1.54, 1.807) is 13.8 Å². The molecule has 9 nitrogen and oxygen atoms in total. The van der Waals surface area contributed by atoms with E-state index >= 15 is 0 Å². The highest BCUT2D eigenvalue weighted by molar-refractivity contribution is 6.02. The fourth-order valence-electron chi connectivity index (χ4n) is 3.72. The molecule has 0 saturated heterocycles. The fourth-order valence-corrected chi connectivity index (χ4v) is 3.72. The summed E-state index contributed by atoms with van der Waals surface area (Å²) in [6, 6.07) is 6.74. The molecule has 1 unspecified atom stereocenters. The van der Waals surface area contributed by atoms with Crippen LogP contribution in [-0.4, -0.2) is 58.9 Å². The third kappa shape index (κ3) is 5.10. The van der Waals surface area contributed by atoms with E-state index in [1.807, 2.05) is 0 Å². The van der Waals surface area contributed by atoms with Crippen LogP contribution in [0.25, 0.3) is 16.9 Å². The number of fused-ring (bicyclic) bond motifs is 1. The van der Waals surface area contributed by atoms with Crippen molar-refractivity contribution >= 4 is 28.8 Å². The highest BCUT2D eigenvalue weighted by Gasteiger charge is 2.48. The normalized spacial score (nSPS) is 12.4. The van der Waals surface area contributed by atoms with E-state index in [-0.39, 0.29) is 35.8 Å². The summed E-state index contributed by atoms with van der Waals surface area (Å²) in [5, 5.41) is 0.196. The summed E-state index contributed by atoms with van der Waals surface area (Å²) < 4.78 is 57.8. The van der Waals surface area contributed by atoms with Crippen molar-refractivity contribution in [2.24, 2.45) is 0 Å². The number of hydrogen-bond donors (Lipinski definition) is 0. The van der Waals surface area contributed by atoms with Crippen molar-refractivity contribution in [1.82, 2.24) is 14.5 Å². The number of para-hydroxylation sites is 1. The summed E-state index contributed by atoms with van der Waals surface area (Å²) in [5.74, 6) is -7.89. The molecule has 0 spiro atoms. The van der Waals surface area contributed by atoms with Crippen LogP contribution in [0.5, 0.6) is 0 Å². The first-order valence-corrected chi connectivity index (χ1v) is 10.5. The first-order valence-electron chi connectivity index (χ1n) is 10.5. The Morgan fingerprint density at radius 3 is 2.09 bits per heavy atom. The molecule has 0 radical (unpaired) electrons. The van der Waals surface area contributed by atoms with Gasteiger partial charge in [-0.05, 0) is 26.0 Å². The molecular weight excluding hydrogens is 471 g/mol. The lowest BCUT2D eigenvalue weighted by Crippen LogP contribution is -2.30. The van der Waals surface area contributed by atoms with Crippen LogP contribution in [0.1, 0.15) is 36.9 Å². The number of esters is 3. The number of carbonyl (C=O) groups is 3. The van der Waals surface area contributed by atoms with Gasteiger partial charge in [-0.15, -0.1) is 0 Å². The van der Waals surface area contributed by atoms with Gasteiger partial charge in [-0.3, -0.25) is 19.0 Å². The predicted molar refractivity (Wildman–Crippen MR) is 116 cm³/mol. The summed E-state index contributed by atoms with van der Waals surface area (Å²) in [7, 11) is 0.851. The van der Waals surface area contributed by atoms with Crippen molar-refractivity contribution in [2.75, 3.05) is 20.3 Å². The van der Waals surface area contributed by atoms with Gasteiger partial charge in [-0.25, -0.2) is 9.97 Å². The molecule has 1 atom stereocenters. The van der Waals surface area contributed by atoms with E-state index in [0.29, 0.717) is 0 Å².